The molecule has 0 rings (SSSR count). The fourth-order valence-electron chi connectivity index (χ4n) is 0.950. The van der Waals surface area contributed by atoms with Gasteiger partial charge in [-0.1, -0.05) is 13.3 Å². The number of likely N-dealkylation sites (N-methyl/N-ethyl adjacent to an activating group) is 1. The molecule has 96 valence electrons. The average Bonchev–Trinajstić information content (AvgIpc) is 2.23. The van der Waals surface area contributed by atoms with E-state index in [2.05, 4.69) is 55.5 Å². The number of hydrazine groups is 1. The number of nitrogens with zero attached hydrogens (tertiary/aromatic N) is 2. The topological polar surface area (TPSA) is 65.7 Å². The van der Waals surface area contributed by atoms with Gasteiger partial charge < -0.3 is 10.2 Å². The minimum Gasteiger partial charge on any atom is -0.355 e. The number of nitrogens with two attached hydrogens (primary N) is 1. The Morgan fingerprint density at radius 1 is 1.38 bits per heavy atom. The molecule has 0 spiro atoms. The molecule has 0 atom stereocenters. The van der Waals surface area contributed by atoms with Gasteiger partial charge in [0.1, 0.15) is 0 Å². The monoisotopic (exact) mass is 229 g/mol. The molecule has 0 heterocycles. The smallest absolute Gasteiger partial charge is 0.205 e. The first-order valence-electron chi connectivity index (χ1n) is 5.86. The van der Waals surface area contributed by atoms with Crippen LogP contribution in [0.5, 0.6) is 0 Å². The van der Waals surface area contributed by atoms with Crippen LogP contribution < -0.4 is 16.6 Å². The summed E-state index contributed by atoms with van der Waals surface area (Å²) < 4.78 is 0. The van der Waals surface area contributed by atoms with Gasteiger partial charge in [-0.15, -0.1) is 0 Å². The molecule has 5 nitrogen and oxygen atoms in total. The highest BCUT2D eigenvalue weighted by atomic mass is 15.3. The number of nitrogens with one attached hydrogen (secondary N) is 2. The van der Waals surface area contributed by atoms with Crippen LogP contribution in [0.2, 0.25) is 0 Å². The van der Waals surface area contributed by atoms with E-state index in [0.717, 1.165) is 19.4 Å². The van der Waals surface area contributed by atoms with Gasteiger partial charge in [-0.05, 0) is 34.4 Å². The molecule has 0 saturated carbocycles. The first-order chi connectivity index (χ1) is 7.44. The summed E-state index contributed by atoms with van der Waals surface area (Å²) in [5, 5.41) is 3.18. The summed E-state index contributed by atoms with van der Waals surface area (Å²) in [7, 11) is 4.10. The zero-order valence-electron chi connectivity index (χ0n) is 11.3. The molecular weight excluding hydrogens is 202 g/mol. The maximum Gasteiger partial charge on any atom is 0.205 e. The Kier molecular flexibility index (Phi) is 7.08. The third-order valence-corrected chi connectivity index (χ3v) is 2.79. The molecule has 0 unspecified atom stereocenters. The second kappa shape index (κ2) is 7.46. The molecule has 5 heteroatoms. The Hall–Kier alpha value is -0.810. The van der Waals surface area contributed by atoms with Gasteiger partial charge in [-0.25, -0.2) is 5.84 Å². The molecule has 0 aliphatic rings. The SMILES string of the molecule is CCCCNC(=NCC(C)(C)N(C)C)NN. The lowest BCUT2D eigenvalue weighted by Gasteiger charge is -2.30. The van der Waals surface area contributed by atoms with Gasteiger partial charge in [0.05, 0.1) is 6.54 Å². The lowest BCUT2D eigenvalue weighted by Crippen LogP contribution is -2.45. The molecule has 0 amide bonds. The predicted octanol–water partition coefficient (Wildman–Crippen LogP) is 0.536. The second-order valence-corrected chi connectivity index (χ2v) is 4.80. The van der Waals surface area contributed by atoms with E-state index < -0.39 is 0 Å². The van der Waals surface area contributed by atoms with Crippen molar-refractivity contribution in [2.45, 2.75) is 39.2 Å². The summed E-state index contributed by atoms with van der Waals surface area (Å²) in [5.74, 6) is 6.07. The van der Waals surface area contributed by atoms with Crippen LogP contribution in [0.15, 0.2) is 4.99 Å². The highest BCUT2D eigenvalue weighted by molar-refractivity contribution is 5.79. The highest BCUT2D eigenvalue weighted by Crippen LogP contribution is 2.09. The number of hydrogen-bond donors (Lipinski definition) is 3. The lowest BCUT2D eigenvalue weighted by molar-refractivity contribution is 0.204. The molecule has 4 N–H and O–H groups in total. The molecule has 0 bridgehead atoms. The average molecular weight is 229 g/mol. The molecule has 0 fully saturated rings. The largest absolute Gasteiger partial charge is 0.355 e. The summed E-state index contributed by atoms with van der Waals surface area (Å²) >= 11 is 0. The number of aliphatic imine (C=N–C) groups is 1. The lowest BCUT2D eigenvalue weighted by atomic mass is 10.1. The van der Waals surface area contributed by atoms with Gasteiger partial charge in [0.2, 0.25) is 5.96 Å². The van der Waals surface area contributed by atoms with E-state index in [1.54, 1.807) is 0 Å². The van der Waals surface area contributed by atoms with E-state index in [4.69, 9.17) is 5.84 Å². The third-order valence-electron chi connectivity index (χ3n) is 2.79. The first kappa shape index (κ1) is 15.2. The van der Waals surface area contributed by atoms with Crippen LogP contribution in [0.25, 0.3) is 0 Å². The van der Waals surface area contributed by atoms with Gasteiger partial charge in [-0.2, -0.15) is 0 Å². The van der Waals surface area contributed by atoms with Crippen molar-refractivity contribution in [1.29, 1.82) is 0 Å². The second-order valence-electron chi connectivity index (χ2n) is 4.80. The van der Waals surface area contributed by atoms with Crippen LogP contribution in [-0.4, -0.2) is 43.6 Å². The Bertz CT molecular complexity index is 210. The zero-order chi connectivity index (χ0) is 12.6. The molecule has 0 aliphatic heterocycles. The summed E-state index contributed by atoms with van der Waals surface area (Å²) in [6, 6.07) is 0. The van der Waals surface area contributed by atoms with Crippen LogP contribution in [0.4, 0.5) is 0 Å². The Balaban J connectivity index is 4.15. The minimum absolute atomic E-state index is 0.0362. The van der Waals surface area contributed by atoms with Crippen LogP contribution in [0, 0.1) is 0 Å². The summed E-state index contributed by atoms with van der Waals surface area (Å²) in [6.45, 7) is 8.07. The fraction of sp³-hybridized carbons (Fsp3) is 0.909. The van der Waals surface area contributed by atoms with Crippen molar-refractivity contribution in [2.75, 3.05) is 27.2 Å². The van der Waals surface area contributed by atoms with E-state index >= 15 is 0 Å². The van der Waals surface area contributed by atoms with Gasteiger partial charge in [0, 0.05) is 12.1 Å². The summed E-state index contributed by atoms with van der Waals surface area (Å²) in [6.07, 6.45) is 2.28. The van der Waals surface area contributed by atoms with Crippen LogP contribution in [0.1, 0.15) is 33.6 Å². The zero-order valence-corrected chi connectivity index (χ0v) is 11.3. The molecule has 0 aromatic rings. The van der Waals surface area contributed by atoms with E-state index in [0.29, 0.717) is 12.5 Å². The minimum atomic E-state index is 0.0362. The summed E-state index contributed by atoms with van der Waals surface area (Å²) in [5.41, 5.74) is 2.63. The van der Waals surface area contributed by atoms with Gasteiger partial charge >= 0.3 is 0 Å². The normalized spacial score (nSPS) is 13.1. The molecule has 0 radical (unpaired) electrons. The Morgan fingerprint density at radius 2 is 2.00 bits per heavy atom. The van der Waals surface area contributed by atoms with Crippen molar-refractivity contribution in [3.05, 3.63) is 0 Å². The number of hydrogen-bond acceptors (Lipinski definition) is 3. The number of guanidine groups is 1. The third kappa shape index (κ3) is 5.92. The van der Waals surface area contributed by atoms with E-state index in [-0.39, 0.29) is 5.54 Å². The predicted molar refractivity (Wildman–Crippen MR) is 70.3 cm³/mol. The molecule has 0 aromatic heterocycles. The van der Waals surface area contributed by atoms with E-state index in [1.165, 1.54) is 0 Å². The Morgan fingerprint density at radius 3 is 2.44 bits per heavy atom. The van der Waals surface area contributed by atoms with Gasteiger partial charge in [0.25, 0.3) is 0 Å². The summed E-state index contributed by atoms with van der Waals surface area (Å²) in [4.78, 5) is 6.58. The molecule has 16 heavy (non-hydrogen) atoms. The standard InChI is InChI=1S/C11H27N5/c1-6-7-8-13-10(15-12)14-9-11(2,3)16(4)5/h6-9,12H2,1-5H3,(H2,13,14,15). The molecule has 0 saturated heterocycles. The van der Waals surface area contributed by atoms with E-state index in [9.17, 15) is 0 Å². The van der Waals surface area contributed by atoms with Crippen molar-refractivity contribution in [2.24, 2.45) is 10.8 Å². The van der Waals surface area contributed by atoms with Crippen molar-refractivity contribution in [1.82, 2.24) is 15.6 Å². The van der Waals surface area contributed by atoms with Crippen LogP contribution in [-0.2, 0) is 0 Å². The molecule has 0 aliphatic carbocycles. The van der Waals surface area contributed by atoms with E-state index in [1.807, 2.05) is 0 Å². The molecule has 0 aromatic carbocycles. The number of rotatable bonds is 6. The van der Waals surface area contributed by atoms with Crippen molar-refractivity contribution < 1.29 is 0 Å². The first-order valence-corrected chi connectivity index (χ1v) is 5.86. The highest BCUT2D eigenvalue weighted by Gasteiger charge is 2.19. The number of unbranched alkanes of at least 4 members (excludes halogenated alkanes) is 1. The van der Waals surface area contributed by atoms with Crippen molar-refractivity contribution in [3.63, 3.8) is 0 Å². The van der Waals surface area contributed by atoms with Crippen LogP contribution >= 0.6 is 0 Å². The van der Waals surface area contributed by atoms with Gasteiger partial charge in [0.15, 0.2) is 0 Å². The van der Waals surface area contributed by atoms with Gasteiger partial charge in [-0.3, -0.25) is 10.4 Å². The molecular formula is C11H27N5. The van der Waals surface area contributed by atoms with Crippen molar-refractivity contribution in [3.8, 4) is 0 Å². The van der Waals surface area contributed by atoms with Crippen molar-refractivity contribution >= 4 is 5.96 Å². The van der Waals surface area contributed by atoms with Crippen LogP contribution in [0.3, 0.4) is 0 Å². The Labute approximate surface area is 99.5 Å². The maximum atomic E-state index is 5.40. The fourth-order valence-corrected chi connectivity index (χ4v) is 0.950. The maximum absolute atomic E-state index is 5.40. The quantitative estimate of drug-likeness (QED) is 0.204.